The lowest BCUT2D eigenvalue weighted by Crippen LogP contribution is -2.06. The van der Waals surface area contributed by atoms with Crippen LogP contribution in [0, 0.1) is 5.92 Å². The summed E-state index contributed by atoms with van der Waals surface area (Å²) in [5.41, 5.74) is 10.8. The van der Waals surface area contributed by atoms with Crippen LogP contribution in [0.2, 0.25) is 0 Å². The van der Waals surface area contributed by atoms with Gasteiger partial charge in [0.05, 0.1) is 0 Å². The summed E-state index contributed by atoms with van der Waals surface area (Å²) in [6.07, 6.45) is 4.87. The first-order valence-corrected chi connectivity index (χ1v) is 6.21. The van der Waals surface area contributed by atoms with Gasteiger partial charge in [0.25, 0.3) is 0 Å². The smallest absolute Gasteiger partial charge is 0 e. The van der Waals surface area contributed by atoms with Gasteiger partial charge in [0.15, 0.2) is 0 Å². The molecule has 1 unspecified atom stereocenters. The molecule has 0 saturated heterocycles. The van der Waals surface area contributed by atoms with E-state index in [2.05, 4.69) is 6.92 Å². The van der Waals surface area contributed by atoms with E-state index in [1.54, 1.807) is 0 Å². The predicted molar refractivity (Wildman–Crippen MR) is 72.7 cm³/mol. The highest BCUT2D eigenvalue weighted by Crippen LogP contribution is 2.09. The monoisotopic (exact) mass is 208 g/mol. The third-order valence-electron chi connectivity index (χ3n) is 1.81. The van der Waals surface area contributed by atoms with Crippen LogP contribution < -0.4 is 11.5 Å². The van der Waals surface area contributed by atoms with Crippen molar-refractivity contribution in [1.29, 1.82) is 0 Å². The summed E-state index contributed by atoms with van der Waals surface area (Å²) >= 11 is 0. The largest absolute Gasteiger partial charge is 0.330 e. The predicted octanol–water partition coefficient (Wildman–Crippen LogP) is 3.64. The highest BCUT2D eigenvalue weighted by atomic mass is 14.5. The zero-order valence-corrected chi connectivity index (χ0v) is 11.0. The molecule has 94 valence electrons. The van der Waals surface area contributed by atoms with Crippen LogP contribution in [0.15, 0.2) is 0 Å². The van der Waals surface area contributed by atoms with Gasteiger partial charge in [0, 0.05) is 2.85 Å². The van der Waals surface area contributed by atoms with Crippen molar-refractivity contribution in [2.75, 3.05) is 13.1 Å². The first kappa shape index (κ1) is 19.5. The van der Waals surface area contributed by atoms with Crippen LogP contribution in [-0.4, -0.2) is 13.1 Å². The third-order valence-corrected chi connectivity index (χ3v) is 1.81. The van der Waals surface area contributed by atoms with Gasteiger partial charge in [-0.2, -0.15) is 0 Å². The molecule has 2 nitrogen and oxygen atoms in total. The minimum Gasteiger partial charge on any atom is -0.330 e. The fourth-order valence-corrected chi connectivity index (χ4v) is 1.07. The maximum Gasteiger partial charge on any atom is 0 e. The Balaban J connectivity index is -0.0000000602. The Morgan fingerprint density at radius 3 is 1.71 bits per heavy atom. The molecule has 4 N–H and O–H groups in total. The highest BCUT2D eigenvalue weighted by molar-refractivity contribution is 4.53. The van der Waals surface area contributed by atoms with Crippen molar-refractivity contribution in [3.8, 4) is 0 Å². The second-order valence-electron chi connectivity index (χ2n) is 2.97. The summed E-state index contributed by atoms with van der Waals surface area (Å²) in [5, 5.41) is 0. The normalized spacial score (nSPS) is 10.5. The maximum absolute atomic E-state index is 5.41. The average Bonchev–Trinajstić information content (AvgIpc) is 2.25. The maximum atomic E-state index is 5.41. The zero-order valence-electron chi connectivity index (χ0n) is 11.0. The van der Waals surface area contributed by atoms with Crippen molar-refractivity contribution < 1.29 is 2.85 Å². The molecule has 0 aromatic heterocycles. The van der Waals surface area contributed by atoms with Crippen LogP contribution >= 0.6 is 0 Å². The van der Waals surface area contributed by atoms with Gasteiger partial charge >= 0.3 is 0 Å². The van der Waals surface area contributed by atoms with E-state index in [0.717, 1.165) is 31.8 Å². The lowest BCUT2D eigenvalue weighted by Gasteiger charge is -2.07. The molecule has 0 heterocycles. The Hall–Kier alpha value is -0.0800. The lowest BCUT2D eigenvalue weighted by atomic mass is 10.0. The van der Waals surface area contributed by atoms with Crippen molar-refractivity contribution in [3.63, 3.8) is 0 Å². The molecular formula is C12H36N2. The first-order valence-electron chi connectivity index (χ1n) is 6.21. The summed E-state index contributed by atoms with van der Waals surface area (Å²) in [6.45, 7) is 11.9. The molecule has 0 radical (unpaired) electrons. The summed E-state index contributed by atoms with van der Waals surface area (Å²) < 4.78 is 0. The standard InChI is InChI=1S/C8H20N2.2C2H6.2H2/c1-8(5-7-10)4-2-3-6-9;2*1-2;;/h8H,2-7,9-10H2,1H3;2*1-2H3;2*1H. The molecule has 2 heteroatoms. The number of unbranched alkanes of at least 4 members (excludes halogenated alkanes) is 1. The molecule has 0 spiro atoms. The van der Waals surface area contributed by atoms with Gasteiger partial charge in [-0.05, 0) is 31.8 Å². The fraction of sp³-hybridized carbons (Fsp3) is 1.00. The first-order chi connectivity index (χ1) is 6.81. The molecule has 1 atom stereocenters. The minimum absolute atomic E-state index is 0. The van der Waals surface area contributed by atoms with Gasteiger partial charge in [-0.3, -0.25) is 0 Å². The number of hydrogen-bond acceptors (Lipinski definition) is 2. The highest BCUT2D eigenvalue weighted by Gasteiger charge is 1.98. The van der Waals surface area contributed by atoms with Crippen molar-refractivity contribution in [2.45, 2.75) is 60.3 Å². The molecule has 0 rings (SSSR count). The van der Waals surface area contributed by atoms with Crippen LogP contribution in [0.5, 0.6) is 0 Å². The van der Waals surface area contributed by atoms with Gasteiger partial charge < -0.3 is 11.5 Å². The Labute approximate surface area is 94.4 Å². The molecule has 0 aromatic rings. The summed E-state index contributed by atoms with van der Waals surface area (Å²) in [4.78, 5) is 0. The van der Waals surface area contributed by atoms with E-state index in [-0.39, 0.29) is 2.85 Å². The van der Waals surface area contributed by atoms with Crippen molar-refractivity contribution in [1.82, 2.24) is 0 Å². The molecular weight excluding hydrogens is 172 g/mol. The van der Waals surface area contributed by atoms with Gasteiger partial charge in [-0.15, -0.1) is 0 Å². The Morgan fingerprint density at radius 1 is 0.857 bits per heavy atom. The van der Waals surface area contributed by atoms with Crippen molar-refractivity contribution >= 4 is 0 Å². The average molecular weight is 208 g/mol. The van der Waals surface area contributed by atoms with Gasteiger partial charge in [-0.25, -0.2) is 0 Å². The number of rotatable bonds is 6. The van der Waals surface area contributed by atoms with E-state index in [1.807, 2.05) is 27.7 Å². The topological polar surface area (TPSA) is 52.0 Å². The summed E-state index contributed by atoms with van der Waals surface area (Å²) in [5.74, 6) is 0.788. The van der Waals surface area contributed by atoms with E-state index in [9.17, 15) is 0 Å². The molecule has 0 aliphatic rings. The molecule has 0 aliphatic heterocycles. The zero-order chi connectivity index (χ0) is 11.8. The van der Waals surface area contributed by atoms with Crippen LogP contribution in [0.1, 0.15) is 63.2 Å². The number of nitrogens with two attached hydrogens (primary N) is 2. The quantitative estimate of drug-likeness (QED) is 0.655. The molecule has 0 bridgehead atoms. The Bertz CT molecular complexity index is 74.0. The van der Waals surface area contributed by atoms with Gasteiger partial charge in [0.2, 0.25) is 0 Å². The molecule has 0 saturated carbocycles. The molecule has 14 heavy (non-hydrogen) atoms. The summed E-state index contributed by atoms with van der Waals surface area (Å²) in [7, 11) is 0. The molecule has 0 aliphatic carbocycles. The van der Waals surface area contributed by atoms with E-state index in [1.165, 1.54) is 12.8 Å². The number of hydrogen-bond donors (Lipinski definition) is 2. The minimum atomic E-state index is 0. The van der Waals surface area contributed by atoms with E-state index >= 15 is 0 Å². The third kappa shape index (κ3) is 22.7. The van der Waals surface area contributed by atoms with Gasteiger partial charge in [0.1, 0.15) is 0 Å². The van der Waals surface area contributed by atoms with E-state index < -0.39 is 0 Å². The van der Waals surface area contributed by atoms with Crippen LogP contribution in [-0.2, 0) is 0 Å². The van der Waals surface area contributed by atoms with E-state index in [0.29, 0.717) is 0 Å². The second kappa shape index (κ2) is 23.1. The SMILES string of the molecule is CC.CC.CC(CCN)CCCCN.[HH].[HH]. The molecule has 0 fully saturated rings. The van der Waals surface area contributed by atoms with Crippen molar-refractivity contribution in [2.24, 2.45) is 17.4 Å². The second-order valence-corrected chi connectivity index (χ2v) is 2.97. The van der Waals surface area contributed by atoms with E-state index in [4.69, 9.17) is 11.5 Å². The van der Waals surface area contributed by atoms with Crippen LogP contribution in [0.25, 0.3) is 0 Å². The van der Waals surface area contributed by atoms with Gasteiger partial charge in [-0.1, -0.05) is 47.5 Å². The van der Waals surface area contributed by atoms with Crippen molar-refractivity contribution in [3.05, 3.63) is 0 Å². The van der Waals surface area contributed by atoms with Crippen LogP contribution in [0.3, 0.4) is 0 Å². The Morgan fingerprint density at radius 2 is 1.36 bits per heavy atom. The van der Waals surface area contributed by atoms with Crippen LogP contribution in [0.4, 0.5) is 0 Å². The fourth-order valence-electron chi connectivity index (χ4n) is 1.07. The summed E-state index contributed by atoms with van der Waals surface area (Å²) in [6, 6.07) is 0. The molecule has 0 amide bonds. The Kier molecular flexibility index (Phi) is 32.1. The lowest BCUT2D eigenvalue weighted by molar-refractivity contribution is 0.474. The molecule has 0 aromatic carbocycles.